The molecule has 0 saturated carbocycles. The number of rotatable bonds is 1. The van der Waals surface area contributed by atoms with Crippen LogP contribution in [0.15, 0.2) is 16.9 Å². The predicted molar refractivity (Wildman–Crippen MR) is 39.3 cm³/mol. The average molecular weight is 174 g/mol. The van der Waals surface area contributed by atoms with Crippen LogP contribution >= 0.6 is 11.6 Å². The van der Waals surface area contributed by atoms with E-state index in [9.17, 15) is 9.59 Å². The van der Waals surface area contributed by atoms with Crippen LogP contribution in [0.3, 0.4) is 0 Å². The van der Waals surface area contributed by atoms with Gasteiger partial charge in [0.05, 0.1) is 0 Å². The van der Waals surface area contributed by atoms with Crippen molar-refractivity contribution in [3.8, 4) is 0 Å². The molecular formula is C6H6ClN2O2+. The Labute approximate surface area is 67.0 Å². The molecule has 0 saturated heterocycles. The topological polar surface area (TPSA) is 77.6 Å². The molecule has 0 aromatic carbocycles. The maximum absolute atomic E-state index is 10.8. The summed E-state index contributed by atoms with van der Waals surface area (Å²) in [7, 11) is 0. The zero-order valence-electron chi connectivity index (χ0n) is 5.56. The van der Waals surface area contributed by atoms with Crippen LogP contribution in [0.25, 0.3) is 0 Å². The fraction of sp³-hybridized carbons (Fsp3) is 0. The Morgan fingerprint density at radius 2 is 2.18 bits per heavy atom. The smallest absolute Gasteiger partial charge is 0.313 e. The molecule has 1 rings (SSSR count). The van der Waals surface area contributed by atoms with Crippen LogP contribution in [0.2, 0.25) is 5.02 Å². The fourth-order valence-corrected chi connectivity index (χ4v) is 0.729. The summed E-state index contributed by atoms with van der Waals surface area (Å²) < 4.78 is 0. The van der Waals surface area contributed by atoms with E-state index in [1.165, 1.54) is 12.1 Å². The number of aromatic nitrogens is 1. The van der Waals surface area contributed by atoms with Gasteiger partial charge >= 0.3 is 5.91 Å². The highest BCUT2D eigenvalue weighted by Crippen LogP contribution is 1.98. The molecule has 0 fully saturated rings. The molecule has 58 valence electrons. The normalized spacial score (nSPS) is 9.64. The lowest BCUT2D eigenvalue weighted by atomic mass is 10.3. The van der Waals surface area contributed by atoms with E-state index in [1.54, 1.807) is 0 Å². The molecule has 0 aliphatic rings. The van der Waals surface area contributed by atoms with Crippen molar-refractivity contribution in [2.45, 2.75) is 0 Å². The molecule has 0 aliphatic heterocycles. The van der Waals surface area contributed by atoms with Crippen LogP contribution in [0.5, 0.6) is 0 Å². The number of pyridine rings is 1. The first-order chi connectivity index (χ1) is 5.11. The van der Waals surface area contributed by atoms with Gasteiger partial charge in [-0.3, -0.25) is 10.5 Å². The van der Waals surface area contributed by atoms with E-state index < -0.39 is 11.5 Å². The van der Waals surface area contributed by atoms with Crippen molar-refractivity contribution in [2.24, 2.45) is 0 Å². The first kappa shape index (κ1) is 7.97. The predicted octanol–water partition coefficient (Wildman–Crippen LogP) is -0.590. The minimum Gasteiger partial charge on any atom is -0.313 e. The second-order valence-corrected chi connectivity index (χ2v) is 2.38. The number of halogens is 1. The number of hydrogen-bond donors (Lipinski definition) is 2. The van der Waals surface area contributed by atoms with E-state index in [0.29, 0.717) is 0 Å². The maximum Gasteiger partial charge on any atom is 0.357 e. The number of carbonyl (C=O) groups is 1. The zero-order valence-corrected chi connectivity index (χ0v) is 6.31. The van der Waals surface area contributed by atoms with E-state index in [1.807, 2.05) is 0 Å². The quantitative estimate of drug-likeness (QED) is 0.596. The van der Waals surface area contributed by atoms with Gasteiger partial charge in [-0.05, 0) is 12.1 Å². The van der Waals surface area contributed by atoms with Crippen LogP contribution in [-0.4, -0.2) is 10.9 Å². The van der Waals surface area contributed by atoms with Gasteiger partial charge in [-0.2, -0.15) is 0 Å². The van der Waals surface area contributed by atoms with E-state index >= 15 is 0 Å². The summed E-state index contributed by atoms with van der Waals surface area (Å²) in [6, 6.07) is 2.78. The van der Waals surface area contributed by atoms with Crippen LogP contribution in [0.4, 0.5) is 0 Å². The molecule has 0 atom stereocenters. The second-order valence-electron chi connectivity index (χ2n) is 1.97. The van der Waals surface area contributed by atoms with Crippen LogP contribution < -0.4 is 11.3 Å². The number of hydrogen-bond acceptors (Lipinski definition) is 2. The molecule has 0 radical (unpaired) electrons. The number of quaternary nitrogens is 1. The highest BCUT2D eigenvalue weighted by molar-refractivity contribution is 6.30. The standard InChI is InChI=1S/C6H5ClN2O2/c7-3-1-2-4(5(8)10)9-6(3)11/h1-2H,(H2,8,10)(H,9,11)/p+1. The highest BCUT2D eigenvalue weighted by Gasteiger charge is 2.05. The molecule has 4 nitrogen and oxygen atoms in total. The molecule has 0 unspecified atom stereocenters. The van der Waals surface area contributed by atoms with Gasteiger partial charge in [0.2, 0.25) is 0 Å². The Balaban J connectivity index is 3.26. The molecule has 1 aromatic heterocycles. The van der Waals surface area contributed by atoms with Crippen molar-refractivity contribution in [3.63, 3.8) is 0 Å². The molecule has 11 heavy (non-hydrogen) atoms. The van der Waals surface area contributed by atoms with Gasteiger partial charge in [0.25, 0.3) is 5.56 Å². The van der Waals surface area contributed by atoms with Gasteiger partial charge in [0.15, 0.2) is 0 Å². The minimum absolute atomic E-state index is 0.0648. The van der Waals surface area contributed by atoms with Gasteiger partial charge < -0.3 is 4.98 Å². The van der Waals surface area contributed by atoms with Crippen molar-refractivity contribution in [1.82, 2.24) is 4.98 Å². The van der Waals surface area contributed by atoms with Gasteiger partial charge in [-0.1, -0.05) is 11.6 Å². The Morgan fingerprint density at radius 3 is 2.64 bits per heavy atom. The Bertz CT molecular complexity index is 345. The molecule has 1 amide bonds. The minimum atomic E-state index is -0.471. The Kier molecular flexibility index (Phi) is 2.07. The van der Waals surface area contributed by atoms with Crippen molar-refractivity contribution >= 4 is 17.5 Å². The number of aromatic amines is 1. The van der Waals surface area contributed by atoms with E-state index in [4.69, 9.17) is 11.6 Å². The average Bonchev–Trinajstić information content (AvgIpc) is 1.94. The van der Waals surface area contributed by atoms with Gasteiger partial charge in [0, 0.05) is 0 Å². The molecule has 0 spiro atoms. The number of nitrogens with one attached hydrogen (secondary N) is 1. The monoisotopic (exact) mass is 173 g/mol. The van der Waals surface area contributed by atoms with Crippen LogP contribution in [0, 0.1) is 0 Å². The lowest BCUT2D eigenvalue weighted by Gasteiger charge is -1.90. The van der Waals surface area contributed by atoms with Gasteiger partial charge in [-0.15, -0.1) is 0 Å². The molecule has 5 heteroatoms. The van der Waals surface area contributed by atoms with E-state index in [2.05, 4.69) is 10.7 Å². The third-order valence-electron chi connectivity index (χ3n) is 1.16. The van der Waals surface area contributed by atoms with E-state index in [0.717, 1.165) is 0 Å². The Morgan fingerprint density at radius 1 is 1.55 bits per heavy atom. The first-order valence-corrected chi connectivity index (χ1v) is 3.24. The fourth-order valence-electron chi connectivity index (χ4n) is 0.619. The zero-order chi connectivity index (χ0) is 8.43. The van der Waals surface area contributed by atoms with Crippen molar-refractivity contribution < 1.29 is 10.5 Å². The van der Waals surface area contributed by atoms with Crippen molar-refractivity contribution in [1.29, 1.82) is 0 Å². The van der Waals surface area contributed by atoms with Crippen molar-refractivity contribution in [3.05, 3.63) is 33.2 Å². The largest absolute Gasteiger partial charge is 0.357 e. The molecule has 1 heterocycles. The SMILES string of the molecule is [NH3+]C(=O)c1ccc(Cl)c(=O)[nH]1. The second kappa shape index (κ2) is 2.86. The van der Waals surface area contributed by atoms with Crippen LogP contribution in [-0.2, 0) is 0 Å². The maximum atomic E-state index is 10.8. The van der Waals surface area contributed by atoms with Gasteiger partial charge in [0.1, 0.15) is 10.7 Å². The van der Waals surface area contributed by atoms with Crippen LogP contribution in [0.1, 0.15) is 10.5 Å². The lowest BCUT2D eigenvalue weighted by molar-refractivity contribution is -0.255. The summed E-state index contributed by atoms with van der Waals surface area (Å²) in [5.41, 5.74) is 2.82. The molecule has 0 bridgehead atoms. The summed E-state index contributed by atoms with van der Waals surface area (Å²) in [4.78, 5) is 23.6. The number of carbonyl (C=O) groups excluding carboxylic acids is 1. The number of amides is 1. The summed E-state index contributed by atoms with van der Waals surface area (Å²) in [6.45, 7) is 0. The highest BCUT2D eigenvalue weighted by atomic mass is 35.5. The number of H-pyrrole nitrogens is 1. The molecular weight excluding hydrogens is 168 g/mol. The summed E-state index contributed by atoms with van der Waals surface area (Å²) in [5, 5.41) is 0.0648. The summed E-state index contributed by atoms with van der Waals surface area (Å²) >= 11 is 5.41. The molecule has 1 aromatic rings. The van der Waals surface area contributed by atoms with Crippen molar-refractivity contribution in [2.75, 3.05) is 0 Å². The van der Waals surface area contributed by atoms with E-state index in [-0.39, 0.29) is 10.7 Å². The molecule has 0 aliphatic carbocycles. The first-order valence-electron chi connectivity index (χ1n) is 2.86. The summed E-state index contributed by atoms with van der Waals surface area (Å²) in [6.07, 6.45) is 0. The van der Waals surface area contributed by atoms with Gasteiger partial charge in [-0.25, -0.2) is 4.79 Å². The Hall–Kier alpha value is -1.13. The third-order valence-corrected chi connectivity index (χ3v) is 1.46. The third kappa shape index (κ3) is 1.66. The lowest BCUT2D eigenvalue weighted by Crippen LogP contribution is -2.57. The summed E-state index contributed by atoms with van der Waals surface area (Å²) in [5.74, 6) is -0.432. The molecule has 4 N–H and O–H groups in total.